The minimum absolute atomic E-state index is 0.234. The standard InChI is InChI=1S/C17H19N3/c1-5-14(10-18)17-19-7-6-16(20-17)15-9-12(3)11(2)8-13(15)4/h6-9,14H,5H2,1-4H3. The summed E-state index contributed by atoms with van der Waals surface area (Å²) in [4.78, 5) is 8.83. The van der Waals surface area contributed by atoms with Crippen molar-refractivity contribution in [1.82, 2.24) is 9.97 Å². The Morgan fingerprint density at radius 3 is 2.50 bits per heavy atom. The highest BCUT2D eigenvalue weighted by molar-refractivity contribution is 5.65. The number of nitriles is 1. The van der Waals surface area contributed by atoms with Crippen LogP contribution in [0.2, 0.25) is 0 Å². The average molecular weight is 265 g/mol. The fourth-order valence-corrected chi connectivity index (χ4v) is 2.26. The zero-order valence-corrected chi connectivity index (χ0v) is 12.4. The van der Waals surface area contributed by atoms with E-state index in [9.17, 15) is 0 Å². The molecule has 0 saturated carbocycles. The van der Waals surface area contributed by atoms with Crippen molar-refractivity contribution in [3.8, 4) is 17.3 Å². The number of rotatable bonds is 3. The molecule has 0 bridgehead atoms. The molecular formula is C17H19N3. The Labute approximate surface area is 120 Å². The maximum Gasteiger partial charge on any atom is 0.146 e. The Bertz CT molecular complexity index is 668. The van der Waals surface area contributed by atoms with E-state index in [1.807, 2.05) is 13.0 Å². The summed E-state index contributed by atoms with van der Waals surface area (Å²) in [6.07, 6.45) is 2.47. The topological polar surface area (TPSA) is 49.6 Å². The molecule has 0 fully saturated rings. The van der Waals surface area contributed by atoms with Crippen molar-refractivity contribution >= 4 is 0 Å². The quantitative estimate of drug-likeness (QED) is 0.840. The van der Waals surface area contributed by atoms with Gasteiger partial charge in [0, 0.05) is 11.8 Å². The first-order valence-electron chi connectivity index (χ1n) is 6.87. The van der Waals surface area contributed by atoms with E-state index in [0.717, 1.165) is 17.7 Å². The molecule has 0 aliphatic heterocycles. The van der Waals surface area contributed by atoms with Crippen molar-refractivity contribution in [1.29, 1.82) is 5.26 Å². The molecule has 0 saturated heterocycles. The van der Waals surface area contributed by atoms with Crippen molar-refractivity contribution in [2.24, 2.45) is 0 Å². The zero-order chi connectivity index (χ0) is 14.7. The largest absolute Gasteiger partial charge is 0.240 e. The lowest BCUT2D eigenvalue weighted by atomic mass is 9.98. The van der Waals surface area contributed by atoms with E-state index >= 15 is 0 Å². The van der Waals surface area contributed by atoms with E-state index in [-0.39, 0.29) is 5.92 Å². The molecule has 102 valence electrons. The Morgan fingerprint density at radius 1 is 1.15 bits per heavy atom. The molecule has 1 unspecified atom stereocenters. The van der Waals surface area contributed by atoms with Crippen LogP contribution in [0.5, 0.6) is 0 Å². The smallest absolute Gasteiger partial charge is 0.146 e. The van der Waals surface area contributed by atoms with Gasteiger partial charge in [0.2, 0.25) is 0 Å². The van der Waals surface area contributed by atoms with Gasteiger partial charge in [-0.3, -0.25) is 0 Å². The summed E-state index contributed by atoms with van der Waals surface area (Å²) in [6, 6.07) is 8.50. The van der Waals surface area contributed by atoms with Crippen LogP contribution in [0, 0.1) is 32.1 Å². The Morgan fingerprint density at radius 2 is 1.85 bits per heavy atom. The summed E-state index contributed by atoms with van der Waals surface area (Å²) in [5.41, 5.74) is 5.73. The molecule has 1 atom stereocenters. The monoisotopic (exact) mass is 265 g/mol. The van der Waals surface area contributed by atoms with Gasteiger partial charge in [-0.15, -0.1) is 0 Å². The van der Waals surface area contributed by atoms with Crippen molar-refractivity contribution < 1.29 is 0 Å². The molecule has 0 N–H and O–H groups in total. The Balaban J connectivity index is 2.52. The fraction of sp³-hybridized carbons (Fsp3) is 0.353. The maximum absolute atomic E-state index is 9.15. The van der Waals surface area contributed by atoms with Crippen LogP contribution in [0.4, 0.5) is 0 Å². The predicted octanol–water partition coefficient (Wildman–Crippen LogP) is 4.09. The third-order valence-electron chi connectivity index (χ3n) is 3.67. The molecule has 0 spiro atoms. The molecule has 0 radical (unpaired) electrons. The number of hydrogen-bond acceptors (Lipinski definition) is 3. The van der Waals surface area contributed by atoms with E-state index in [1.54, 1.807) is 6.20 Å². The molecule has 0 amide bonds. The third-order valence-corrected chi connectivity index (χ3v) is 3.67. The molecule has 3 heteroatoms. The minimum atomic E-state index is -0.234. The molecule has 1 aromatic carbocycles. The molecule has 1 heterocycles. The summed E-state index contributed by atoms with van der Waals surface area (Å²) in [5, 5.41) is 9.15. The molecule has 0 aliphatic carbocycles. The first-order valence-corrected chi connectivity index (χ1v) is 6.87. The van der Waals surface area contributed by atoms with Gasteiger partial charge < -0.3 is 0 Å². The van der Waals surface area contributed by atoms with E-state index in [1.165, 1.54) is 16.7 Å². The SMILES string of the molecule is CCC(C#N)c1nccc(-c2cc(C)c(C)cc2C)n1. The molecule has 2 aromatic rings. The Hall–Kier alpha value is -2.21. The van der Waals surface area contributed by atoms with Crippen LogP contribution in [0.15, 0.2) is 24.4 Å². The average Bonchev–Trinajstić information content (AvgIpc) is 2.44. The lowest BCUT2D eigenvalue weighted by Gasteiger charge is -2.11. The number of aryl methyl sites for hydroxylation is 3. The van der Waals surface area contributed by atoms with Crippen LogP contribution < -0.4 is 0 Å². The van der Waals surface area contributed by atoms with E-state index in [0.29, 0.717) is 5.82 Å². The third kappa shape index (κ3) is 2.70. The zero-order valence-electron chi connectivity index (χ0n) is 12.4. The lowest BCUT2D eigenvalue weighted by Crippen LogP contribution is -2.02. The molecular weight excluding hydrogens is 246 g/mol. The highest BCUT2D eigenvalue weighted by Crippen LogP contribution is 2.26. The Kier molecular flexibility index (Phi) is 4.14. The van der Waals surface area contributed by atoms with Crippen LogP contribution in [0.1, 0.15) is 41.8 Å². The number of aromatic nitrogens is 2. The number of benzene rings is 1. The number of nitrogens with zero attached hydrogens (tertiary/aromatic N) is 3. The highest BCUT2D eigenvalue weighted by atomic mass is 14.9. The molecule has 3 nitrogen and oxygen atoms in total. The summed E-state index contributed by atoms with van der Waals surface area (Å²) in [6.45, 7) is 8.28. The summed E-state index contributed by atoms with van der Waals surface area (Å²) in [5.74, 6) is 0.381. The second kappa shape index (κ2) is 5.83. The van der Waals surface area contributed by atoms with Crippen LogP contribution in [-0.4, -0.2) is 9.97 Å². The lowest BCUT2D eigenvalue weighted by molar-refractivity contribution is 0.751. The summed E-state index contributed by atoms with van der Waals surface area (Å²) in [7, 11) is 0. The van der Waals surface area contributed by atoms with Gasteiger partial charge in [0.15, 0.2) is 0 Å². The second-order valence-electron chi connectivity index (χ2n) is 5.14. The second-order valence-corrected chi connectivity index (χ2v) is 5.14. The minimum Gasteiger partial charge on any atom is -0.240 e. The van der Waals surface area contributed by atoms with E-state index < -0.39 is 0 Å². The van der Waals surface area contributed by atoms with Gasteiger partial charge in [0.25, 0.3) is 0 Å². The predicted molar refractivity (Wildman–Crippen MR) is 80.3 cm³/mol. The summed E-state index contributed by atoms with van der Waals surface area (Å²) >= 11 is 0. The highest BCUT2D eigenvalue weighted by Gasteiger charge is 2.13. The van der Waals surface area contributed by atoms with Crippen LogP contribution in [0.3, 0.4) is 0 Å². The van der Waals surface area contributed by atoms with Gasteiger partial charge in [0.1, 0.15) is 11.7 Å². The van der Waals surface area contributed by atoms with Crippen molar-refractivity contribution in [2.75, 3.05) is 0 Å². The van der Waals surface area contributed by atoms with Gasteiger partial charge in [-0.05, 0) is 56.0 Å². The van der Waals surface area contributed by atoms with E-state index in [2.05, 4.69) is 48.9 Å². The fourth-order valence-electron chi connectivity index (χ4n) is 2.26. The molecule has 1 aromatic heterocycles. The van der Waals surface area contributed by atoms with Gasteiger partial charge in [-0.1, -0.05) is 13.0 Å². The molecule has 2 rings (SSSR count). The number of hydrogen-bond donors (Lipinski definition) is 0. The van der Waals surface area contributed by atoms with Crippen LogP contribution >= 0.6 is 0 Å². The van der Waals surface area contributed by atoms with Gasteiger partial charge in [-0.25, -0.2) is 9.97 Å². The summed E-state index contributed by atoms with van der Waals surface area (Å²) < 4.78 is 0. The first kappa shape index (κ1) is 14.2. The van der Waals surface area contributed by atoms with Gasteiger partial charge >= 0.3 is 0 Å². The normalized spacial score (nSPS) is 11.9. The maximum atomic E-state index is 9.15. The van der Waals surface area contributed by atoms with E-state index in [4.69, 9.17) is 5.26 Å². The molecule has 20 heavy (non-hydrogen) atoms. The van der Waals surface area contributed by atoms with Crippen molar-refractivity contribution in [2.45, 2.75) is 40.0 Å². The van der Waals surface area contributed by atoms with Gasteiger partial charge in [-0.2, -0.15) is 5.26 Å². The van der Waals surface area contributed by atoms with Crippen molar-refractivity contribution in [3.63, 3.8) is 0 Å². The van der Waals surface area contributed by atoms with Crippen LogP contribution in [-0.2, 0) is 0 Å². The molecule has 0 aliphatic rings. The first-order chi connectivity index (χ1) is 9.56. The van der Waals surface area contributed by atoms with Crippen molar-refractivity contribution in [3.05, 3.63) is 46.9 Å². The van der Waals surface area contributed by atoms with Gasteiger partial charge in [0.05, 0.1) is 11.8 Å². The van der Waals surface area contributed by atoms with Crippen LogP contribution in [0.25, 0.3) is 11.3 Å².